The SMILES string of the molecule is CC(=O)Nc1ccc(NC(=O)c2cc(Nc3ccc(C(C)=O)cc3)ncn2)cc1. The van der Waals surface area contributed by atoms with Crippen LogP contribution in [-0.4, -0.2) is 27.6 Å². The summed E-state index contributed by atoms with van der Waals surface area (Å²) < 4.78 is 0. The Morgan fingerprint density at radius 2 is 1.34 bits per heavy atom. The molecule has 146 valence electrons. The summed E-state index contributed by atoms with van der Waals surface area (Å²) in [7, 11) is 0. The number of nitrogens with one attached hydrogen (secondary N) is 3. The van der Waals surface area contributed by atoms with Gasteiger partial charge in [-0.3, -0.25) is 14.4 Å². The van der Waals surface area contributed by atoms with E-state index in [1.54, 1.807) is 48.5 Å². The maximum atomic E-state index is 12.5. The van der Waals surface area contributed by atoms with E-state index in [9.17, 15) is 14.4 Å². The normalized spacial score (nSPS) is 10.1. The van der Waals surface area contributed by atoms with Gasteiger partial charge in [0.2, 0.25) is 5.91 Å². The number of Topliss-reactive ketones (excluding diaryl/α,β-unsaturated/α-hetero) is 1. The molecule has 3 aromatic rings. The molecular weight excluding hydrogens is 370 g/mol. The lowest BCUT2D eigenvalue weighted by Gasteiger charge is -2.09. The smallest absolute Gasteiger partial charge is 0.274 e. The van der Waals surface area contributed by atoms with Gasteiger partial charge in [0, 0.05) is 35.6 Å². The van der Waals surface area contributed by atoms with E-state index in [4.69, 9.17) is 0 Å². The zero-order valence-corrected chi connectivity index (χ0v) is 15.9. The van der Waals surface area contributed by atoms with Crippen molar-refractivity contribution in [3.05, 3.63) is 72.2 Å². The van der Waals surface area contributed by atoms with Crippen molar-refractivity contribution in [3.8, 4) is 0 Å². The van der Waals surface area contributed by atoms with E-state index >= 15 is 0 Å². The minimum absolute atomic E-state index is 0.0114. The summed E-state index contributed by atoms with van der Waals surface area (Å²) in [6.45, 7) is 2.93. The first-order valence-electron chi connectivity index (χ1n) is 8.80. The third kappa shape index (κ3) is 5.46. The molecular formula is C21H19N5O3. The Bertz CT molecular complexity index is 1050. The molecule has 29 heavy (non-hydrogen) atoms. The van der Waals surface area contributed by atoms with Crippen LogP contribution < -0.4 is 16.0 Å². The Hall–Kier alpha value is -4.07. The summed E-state index contributed by atoms with van der Waals surface area (Å²) in [5.74, 6) is -0.127. The largest absolute Gasteiger partial charge is 0.340 e. The van der Waals surface area contributed by atoms with Gasteiger partial charge in [-0.15, -0.1) is 0 Å². The minimum atomic E-state index is -0.394. The van der Waals surface area contributed by atoms with Crippen molar-refractivity contribution >= 4 is 40.5 Å². The van der Waals surface area contributed by atoms with Gasteiger partial charge in [0.1, 0.15) is 17.8 Å². The van der Waals surface area contributed by atoms with Gasteiger partial charge in [-0.1, -0.05) is 0 Å². The lowest BCUT2D eigenvalue weighted by atomic mass is 10.1. The summed E-state index contributed by atoms with van der Waals surface area (Å²) in [6.07, 6.45) is 1.29. The zero-order valence-electron chi connectivity index (χ0n) is 15.9. The maximum absolute atomic E-state index is 12.5. The van der Waals surface area contributed by atoms with E-state index < -0.39 is 5.91 Å². The second-order valence-corrected chi connectivity index (χ2v) is 6.26. The Morgan fingerprint density at radius 1 is 0.759 bits per heavy atom. The van der Waals surface area contributed by atoms with Crippen LogP contribution in [0.5, 0.6) is 0 Å². The van der Waals surface area contributed by atoms with E-state index in [-0.39, 0.29) is 17.4 Å². The molecule has 0 spiro atoms. The Morgan fingerprint density at radius 3 is 1.93 bits per heavy atom. The predicted octanol–water partition coefficient (Wildman–Crippen LogP) is 3.63. The van der Waals surface area contributed by atoms with E-state index in [1.165, 1.54) is 26.2 Å². The van der Waals surface area contributed by atoms with Crippen molar-refractivity contribution in [2.75, 3.05) is 16.0 Å². The molecule has 2 aromatic carbocycles. The molecule has 0 aliphatic heterocycles. The molecule has 2 amide bonds. The molecule has 0 saturated heterocycles. The monoisotopic (exact) mass is 389 g/mol. The predicted molar refractivity (Wildman–Crippen MR) is 110 cm³/mol. The lowest BCUT2D eigenvalue weighted by molar-refractivity contribution is -0.114. The van der Waals surface area contributed by atoms with Crippen molar-refractivity contribution in [1.82, 2.24) is 9.97 Å². The fourth-order valence-electron chi connectivity index (χ4n) is 2.52. The molecule has 8 nitrogen and oxygen atoms in total. The fourth-order valence-corrected chi connectivity index (χ4v) is 2.52. The third-order valence-corrected chi connectivity index (χ3v) is 3.93. The highest BCUT2D eigenvalue weighted by Crippen LogP contribution is 2.17. The highest BCUT2D eigenvalue weighted by atomic mass is 16.2. The molecule has 0 unspecified atom stereocenters. The van der Waals surface area contributed by atoms with Gasteiger partial charge in [0.15, 0.2) is 5.78 Å². The number of carbonyl (C=O) groups is 3. The molecule has 0 aliphatic carbocycles. The van der Waals surface area contributed by atoms with Crippen molar-refractivity contribution in [3.63, 3.8) is 0 Å². The second-order valence-electron chi connectivity index (χ2n) is 6.26. The van der Waals surface area contributed by atoms with E-state index in [0.29, 0.717) is 22.8 Å². The van der Waals surface area contributed by atoms with Crippen LogP contribution in [0.3, 0.4) is 0 Å². The number of hydrogen-bond acceptors (Lipinski definition) is 6. The van der Waals surface area contributed by atoms with Crippen molar-refractivity contribution < 1.29 is 14.4 Å². The van der Waals surface area contributed by atoms with Crippen LogP contribution in [0.4, 0.5) is 22.9 Å². The molecule has 8 heteroatoms. The topological polar surface area (TPSA) is 113 Å². The standard InChI is InChI=1S/C21H19N5O3/c1-13(27)15-3-5-17(6-4-15)25-20-11-19(22-12-23-20)21(29)26-18-9-7-16(8-10-18)24-14(2)28/h3-12H,1-2H3,(H,24,28)(H,26,29)(H,22,23,25). The molecule has 0 bridgehead atoms. The summed E-state index contributed by atoms with van der Waals surface area (Å²) in [5.41, 5.74) is 2.74. The number of rotatable bonds is 6. The number of ketones is 1. The quantitative estimate of drug-likeness (QED) is 0.555. The number of anilines is 4. The summed E-state index contributed by atoms with van der Waals surface area (Å²) >= 11 is 0. The molecule has 3 N–H and O–H groups in total. The average Bonchev–Trinajstić information content (AvgIpc) is 2.70. The Balaban J connectivity index is 1.67. The van der Waals surface area contributed by atoms with Gasteiger partial charge in [-0.25, -0.2) is 9.97 Å². The van der Waals surface area contributed by atoms with Crippen LogP contribution in [0.15, 0.2) is 60.9 Å². The van der Waals surface area contributed by atoms with Crippen LogP contribution in [-0.2, 0) is 4.79 Å². The van der Waals surface area contributed by atoms with Gasteiger partial charge in [0.05, 0.1) is 0 Å². The maximum Gasteiger partial charge on any atom is 0.274 e. The number of aromatic nitrogens is 2. The molecule has 0 radical (unpaired) electrons. The first-order chi connectivity index (χ1) is 13.9. The molecule has 1 aromatic heterocycles. The van der Waals surface area contributed by atoms with Crippen LogP contribution in [0.1, 0.15) is 34.7 Å². The molecule has 0 saturated carbocycles. The fraction of sp³-hybridized carbons (Fsp3) is 0.0952. The molecule has 0 fully saturated rings. The first kappa shape index (κ1) is 19.7. The number of amides is 2. The third-order valence-electron chi connectivity index (χ3n) is 3.93. The van der Waals surface area contributed by atoms with E-state index in [0.717, 1.165) is 5.69 Å². The first-order valence-corrected chi connectivity index (χ1v) is 8.80. The summed E-state index contributed by atoms with van der Waals surface area (Å²) in [4.78, 5) is 43.0. The Kier molecular flexibility index (Phi) is 5.94. The van der Waals surface area contributed by atoms with Crippen LogP contribution >= 0.6 is 0 Å². The van der Waals surface area contributed by atoms with Crippen molar-refractivity contribution in [1.29, 1.82) is 0 Å². The molecule has 3 rings (SSSR count). The van der Waals surface area contributed by atoms with Crippen molar-refractivity contribution in [2.45, 2.75) is 13.8 Å². The second kappa shape index (κ2) is 8.75. The molecule has 0 aliphatic rings. The zero-order chi connectivity index (χ0) is 20.8. The van der Waals surface area contributed by atoms with E-state index in [1.807, 2.05) is 0 Å². The van der Waals surface area contributed by atoms with Gasteiger partial charge >= 0.3 is 0 Å². The average molecular weight is 389 g/mol. The van der Waals surface area contributed by atoms with Gasteiger partial charge in [0.25, 0.3) is 5.91 Å². The minimum Gasteiger partial charge on any atom is -0.340 e. The van der Waals surface area contributed by atoms with Crippen LogP contribution in [0.2, 0.25) is 0 Å². The van der Waals surface area contributed by atoms with Crippen molar-refractivity contribution in [2.24, 2.45) is 0 Å². The number of hydrogen-bond donors (Lipinski definition) is 3. The van der Waals surface area contributed by atoms with Gasteiger partial charge in [-0.05, 0) is 55.5 Å². The lowest BCUT2D eigenvalue weighted by Crippen LogP contribution is -2.14. The summed E-state index contributed by atoms with van der Waals surface area (Å²) in [6, 6.07) is 15.2. The van der Waals surface area contributed by atoms with Crippen LogP contribution in [0.25, 0.3) is 0 Å². The number of benzene rings is 2. The molecule has 1 heterocycles. The highest BCUT2D eigenvalue weighted by Gasteiger charge is 2.10. The van der Waals surface area contributed by atoms with Gasteiger partial charge < -0.3 is 16.0 Å². The number of nitrogens with zero attached hydrogens (tertiary/aromatic N) is 2. The summed E-state index contributed by atoms with van der Waals surface area (Å²) in [5, 5.41) is 8.47. The van der Waals surface area contributed by atoms with Crippen LogP contribution in [0, 0.1) is 0 Å². The highest BCUT2D eigenvalue weighted by molar-refractivity contribution is 6.03. The Labute approximate surface area is 167 Å². The number of carbonyl (C=O) groups excluding carboxylic acids is 3. The van der Waals surface area contributed by atoms with Gasteiger partial charge in [-0.2, -0.15) is 0 Å². The van der Waals surface area contributed by atoms with E-state index in [2.05, 4.69) is 25.9 Å². The molecule has 0 atom stereocenters.